The Balaban J connectivity index is 1.13. The first-order chi connectivity index (χ1) is 19.0. The molecule has 6 nitrogen and oxygen atoms in total. The SMILES string of the molecule is COc1ccc(OCCCCN2CCC(C(O)c3ccccc3)CC2)c(C2Sc3ccccc3N2C(C)=O)c1. The van der Waals surface area contributed by atoms with Crippen LogP contribution in [0.3, 0.4) is 0 Å². The number of unbranched alkanes of at least 4 members (excludes halogenated alkanes) is 1. The minimum atomic E-state index is -0.370. The molecular formula is C32H38N2O4S. The van der Waals surface area contributed by atoms with Crippen LogP contribution in [0.15, 0.2) is 77.7 Å². The third kappa shape index (κ3) is 6.43. The molecule has 1 N–H and O–H groups in total. The van der Waals surface area contributed by atoms with Gasteiger partial charge in [-0.25, -0.2) is 0 Å². The van der Waals surface area contributed by atoms with E-state index in [9.17, 15) is 9.90 Å². The second-order valence-corrected chi connectivity index (χ2v) is 11.4. The van der Waals surface area contributed by atoms with E-state index in [1.807, 2.05) is 71.6 Å². The van der Waals surface area contributed by atoms with Crippen molar-refractivity contribution in [2.45, 2.75) is 49.0 Å². The number of piperidine rings is 1. The normalized spacial score (nSPS) is 18.5. The van der Waals surface area contributed by atoms with Crippen LogP contribution in [0.4, 0.5) is 5.69 Å². The van der Waals surface area contributed by atoms with E-state index in [0.717, 1.165) is 78.5 Å². The fourth-order valence-corrected chi connectivity index (χ4v) is 6.97. The number of rotatable bonds is 10. The Morgan fingerprint density at radius 3 is 2.51 bits per heavy atom. The Kier molecular flexibility index (Phi) is 9.12. The summed E-state index contributed by atoms with van der Waals surface area (Å²) < 4.78 is 11.8. The van der Waals surface area contributed by atoms with E-state index in [1.54, 1.807) is 25.8 Å². The molecule has 2 heterocycles. The van der Waals surface area contributed by atoms with Gasteiger partial charge in [0.15, 0.2) is 0 Å². The molecular weight excluding hydrogens is 508 g/mol. The molecule has 1 amide bonds. The number of likely N-dealkylation sites (tertiary alicyclic amines) is 1. The van der Waals surface area contributed by atoms with E-state index in [4.69, 9.17) is 9.47 Å². The van der Waals surface area contributed by atoms with E-state index in [2.05, 4.69) is 11.0 Å². The third-order valence-corrected chi connectivity index (χ3v) is 9.05. The molecule has 0 aromatic heterocycles. The number of anilines is 1. The summed E-state index contributed by atoms with van der Waals surface area (Å²) in [4.78, 5) is 18.1. The number of hydrogen-bond acceptors (Lipinski definition) is 6. The molecule has 5 rings (SSSR count). The molecule has 1 fully saturated rings. The summed E-state index contributed by atoms with van der Waals surface area (Å²) in [6.45, 7) is 5.32. The Morgan fingerprint density at radius 1 is 1.03 bits per heavy atom. The fourth-order valence-electron chi connectivity index (χ4n) is 5.60. The highest BCUT2D eigenvalue weighted by atomic mass is 32.2. The summed E-state index contributed by atoms with van der Waals surface area (Å²) in [5.41, 5.74) is 2.91. The lowest BCUT2D eigenvalue weighted by Crippen LogP contribution is -2.36. The van der Waals surface area contributed by atoms with Crippen molar-refractivity contribution in [1.29, 1.82) is 0 Å². The molecule has 0 saturated carbocycles. The first kappa shape index (κ1) is 27.6. The third-order valence-electron chi connectivity index (χ3n) is 7.77. The van der Waals surface area contributed by atoms with Crippen molar-refractivity contribution < 1.29 is 19.4 Å². The topological polar surface area (TPSA) is 62.2 Å². The Morgan fingerprint density at radius 2 is 1.77 bits per heavy atom. The number of carbonyl (C=O) groups is 1. The van der Waals surface area contributed by atoms with Gasteiger partial charge in [-0.1, -0.05) is 54.2 Å². The molecule has 3 aromatic rings. The van der Waals surface area contributed by atoms with Crippen molar-refractivity contribution in [3.63, 3.8) is 0 Å². The van der Waals surface area contributed by atoms with Gasteiger partial charge in [-0.05, 0) is 87.1 Å². The summed E-state index contributed by atoms with van der Waals surface area (Å²) in [5, 5.41) is 10.6. The van der Waals surface area contributed by atoms with E-state index in [1.165, 1.54) is 0 Å². The lowest BCUT2D eigenvalue weighted by Gasteiger charge is -2.34. The second-order valence-electron chi connectivity index (χ2n) is 10.3. The predicted octanol–water partition coefficient (Wildman–Crippen LogP) is 6.46. The molecule has 2 aliphatic heterocycles. The number of ether oxygens (including phenoxy) is 2. The number of methoxy groups -OCH3 is 1. The van der Waals surface area contributed by atoms with Crippen molar-refractivity contribution in [3.05, 3.63) is 83.9 Å². The number of benzene rings is 3. The standard InChI is InChI=1S/C32H38N2O4S/c1-23(35)34-28-12-6-7-13-30(28)39-32(34)27-22-26(37-2)14-15-29(27)38-21-9-8-18-33-19-16-25(17-20-33)31(36)24-10-4-3-5-11-24/h3-7,10-15,22,25,31-32,36H,8-9,16-21H2,1-2H3. The van der Waals surface area contributed by atoms with Gasteiger partial charge in [0.1, 0.15) is 16.9 Å². The Bertz CT molecular complexity index is 1250. The number of thioether (sulfide) groups is 1. The van der Waals surface area contributed by atoms with Crippen LogP contribution in [0.25, 0.3) is 0 Å². The van der Waals surface area contributed by atoms with E-state index < -0.39 is 0 Å². The zero-order valence-electron chi connectivity index (χ0n) is 22.8. The first-order valence-electron chi connectivity index (χ1n) is 13.9. The number of nitrogens with zero attached hydrogens (tertiary/aromatic N) is 2. The van der Waals surface area contributed by atoms with Crippen LogP contribution >= 0.6 is 11.8 Å². The minimum Gasteiger partial charge on any atom is -0.497 e. The largest absolute Gasteiger partial charge is 0.497 e. The molecule has 0 aliphatic carbocycles. The van der Waals surface area contributed by atoms with Crippen molar-refractivity contribution in [2.24, 2.45) is 5.92 Å². The van der Waals surface area contributed by atoms with Crippen molar-refractivity contribution >= 4 is 23.4 Å². The number of aliphatic hydroxyl groups excluding tert-OH is 1. The van der Waals surface area contributed by atoms with Crippen LogP contribution in [0.2, 0.25) is 0 Å². The maximum Gasteiger partial charge on any atom is 0.225 e. The lowest BCUT2D eigenvalue weighted by atomic mass is 9.87. The van der Waals surface area contributed by atoms with Crippen molar-refractivity contribution in [1.82, 2.24) is 4.90 Å². The maximum absolute atomic E-state index is 12.7. The van der Waals surface area contributed by atoms with E-state index in [0.29, 0.717) is 12.5 Å². The number of para-hydroxylation sites is 1. The summed E-state index contributed by atoms with van der Waals surface area (Å²) in [6, 6.07) is 23.9. The number of fused-ring (bicyclic) bond motifs is 1. The number of carbonyl (C=O) groups excluding carboxylic acids is 1. The summed E-state index contributed by atoms with van der Waals surface area (Å²) in [7, 11) is 1.66. The van der Waals surface area contributed by atoms with Crippen LogP contribution in [-0.2, 0) is 4.79 Å². The zero-order chi connectivity index (χ0) is 27.2. The molecule has 3 aromatic carbocycles. The number of hydrogen-bond donors (Lipinski definition) is 1. The molecule has 39 heavy (non-hydrogen) atoms. The average Bonchev–Trinajstić information content (AvgIpc) is 3.37. The van der Waals surface area contributed by atoms with Crippen LogP contribution in [-0.4, -0.2) is 49.3 Å². The van der Waals surface area contributed by atoms with Crippen LogP contribution in [0, 0.1) is 5.92 Å². The molecule has 7 heteroatoms. The average molecular weight is 547 g/mol. The van der Waals surface area contributed by atoms with Gasteiger partial charge < -0.3 is 19.5 Å². The Hall–Kier alpha value is -3.00. The van der Waals surface area contributed by atoms with Crippen molar-refractivity contribution in [2.75, 3.05) is 38.3 Å². The Labute approximate surface area is 235 Å². The van der Waals surface area contributed by atoms with Gasteiger partial charge in [-0.3, -0.25) is 9.69 Å². The van der Waals surface area contributed by atoms with E-state index in [-0.39, 0.29) is 17.4 Å². The smallest absolute Gasteiger partial charge is 0.225 e. The quantitative estimate of drug-likeness (QED) is 0.295. The maximum atomic E-state index is 12.7. The van der Waals surface area contributed by atoms with Gasteiger partial charge in [-0.15, -0.1) is 0 Å². The number of aliphatic hydroxyl groups is 1. The summed E-state index contributed by atoms with van der Waals surface area (Å²) >= 11 is 1.67. The highest BCUT2D eigenvalue weighted by Gasteiger charge is 2.36. The van der Waals surface area contributed by atoms with Crippen LogP contribution in [0.5, 0.6) is 11.5 Å². The summed E-state index contributed by atoms with van der Waals surface area (Å²) in [5.74, 6) is 1.88. The highest BCUT2D eigenvalue weighted by molar-refractivity contribution is 8.00. The molecule has 1 saturated heterocycles. The van der Waals surface area contributed by atoms with Gasteiger partial charge in [0.05, 0.1) is 25.5 Å². The minimum absolute atomic E-state index is 0.00581. The van der Waals surface area contributed by atoms with Gasteiger partial charge in [0, 0.05) is 17.4 Å². The summed E-state index contributed by atoms with van der Waals surface area (Å²) in [6.07, 6.45) is 3.68. The molecule has 0 radical (unpaired) electrons. The zero-order valence-corrected chi connectivity index (χ0v) is 23.6. The monoisotopic (exact) mass is 546 g/mol. The first-order valence-corrected chi connectivity index (χ1v) is 14.7. The van der Waals surface area contributed by atoms with E-state index >= 15 is 0 Å². The number of amides is 1. The molecule has 2 unspecified atom stereocenters. The van der Waals surface area contributed by atoms with Gasteiger partial charge in [-0.2, -0.15) is 0 Å². The lowest BCUT2D eigenvalue weighted by molar-refractivity contribution is -0.116. The van der Waals surface area contributed by atoms with Gasteiger partial charge in [0.25, 0.3) is 0 Å². The van der Waals surface area contributed by atoms with Crippen LogP contribution in [0.1, 0.15) is 55.2 Å². The highest BCUT2D eigenvalue weighted by Crippen LogP contribution is 2.53. The molecule has 2 atom stereocenters. The van der Waals surface area contributed by atoms with Crippen molar-refractivity contribution in [3.8, 4) is 11.5 Å². The predicted molar refractivity (Wildman–Crippen MR) is 156 cm³/mol. The van der Waals surface area contributed by atoms with Crippen LogP contribution < -0.4 is 14.4 Å². The molecule has 2 aliphatic rings. The van der Waals surface area contributed by atoms with Gasteiger partial charge in [0.2, 0.25) is 5.91 Å². The molecule has 0 bridgehead atoms. The fraction of sp³-hybridized carbons (Fsp3) is 0.406. The molecule has 206 valence electrons. The second kappa shape index (κ2) is 12.9. The molecule has 0 spiro atoms. The van der Waals surface area contributed by atoms with Gasteiger partial charge >= 0.3 is 0 Å².